The number of ether oxygens (including phenoxy) is 1. The van der Waals surface area contributed by atoms with Crippen LogP contribution in [0.3, 0.4) is 0 Å². The number of nitrogens with zero attached hydrogens (tertiary/aromatic N) is 7. The molecule has 15 nitrogen and oxygen atoms in total. The zero-order valence-corrected chi connectivity index (χ0v) is 31.8. The standard InChI is InChI=1S/C34H48N9O6PS/c1-24(2)43(25(3)4)50(23-35)49-30-21-32(48-34(30,5)22-44)42-20-17-31(38-33(42)45)36-18-8-19-37-51(46,47)29-15-11-27(12-16-29)40-39-26-9-13-28(14-10-26)41(6)7/h9-17,20,24-25,30,32,37,44H,8,18-19,21-22H2,1-7H3,(H,36,38,45)/i44T. The zero-order valence-electron chi connectivity index (χ0n) is 31.1. The van der Waals surface area contributed by atoms with Crippen LogP contribution in [-0.2, 0) is 19.3 Å². The second-order valence-electron chi connectivity index (χ2n) is 13.1. The fourth-order valence-corrected chi connectivity index (χ4v) is 8.26. The van der Waals surface area contributed by atoms with Gasteiger partial charge in [-0.05, 0) is 95.6 Å². The van der Waals surface area contributed by atoms with Crippen LogP contribution < -0.4 is 20.6 Å². The maximum atomic E-state index is 13.1. The van der Waals surface area contributed by atoms with Gasteiger partial charge in [0.2, 0.25) is 19.8 Å². The van der Waals surface area contributed by atoms with Crippen molar-refractivity contribution in [2.75, 3.05) is 44.0 Å². The molecule has 4 rings (SSSR count). The Bertz CT molecular complexity index is 1850. The summed E-state index contributed by atoms with van der Waals surface area (Å²) < 4.78 is 51.5. The van der Waals surface area contributed by atoms with Crippen LogP contribution in [0.4, 0.5) is 22.9 Å². The van der Waals surface area contributed by atoms with E-state index in [-0.39, 0.29) is 36.6 Å². The van der Waals surface area contributed by atoms with E-state index in [1.807, 2.05) is 75.6 Å². The van der Waals surface area contributed by atoms with Gasteiger partial charge in [-0.1, -0.05) is 0 Å². The lowest BCUT2D eigenvalue weighted by atomic mass is 10.0. The van der Waals surface area contributed by atoms with Crippen LogP contribution in [0, 0.1) is 11.1 Å². The van der Waals surface area contributed by atoms with Crippen LogP contribution in [-0.4, -0.2) is 86.8 Å². The average Bonchev–Trinajstić information content (AvgIpc) is 3.41. The first-order valence-electron chi connectivity index (χ1n) is 17.1. The first kappa shape index (κ1) is 38.4. The van der Waals surface area contributed by atoms with E-state index in [0.29, 0.717) is 30.2 Å². The number of sulfonamides is 1. The first-order chi connectivity index (χ1) is 24.7. The van der Waals surface area contributed by atoms with E-state index in [1.165, 1.54) is 16.7 Å². The molecular weight excluding hydrogens is 693 g/mol. The smallest absolute Gasteiger partial charge is 0.351 e. The van der Waals surface area contributed by atoms with Gasteiger partial charge >= 0.3 is 5.69 Å². The fourth-order valence-electron chi connectivity index (χ4n) is 5.53. The van der Waals surface area contributed by atoms with Crippen molar-refractivity contribution >= 4 is 41.2 Å². The number of hydrogen-bond donors (Lipinski definition) is 3. The molecule has 3 aromatic rings. The number of nitriles is 1. The van der Waals surface area contributed by atoms with E-state index in [2.05, 4.69) is 31.1 Å². The Morgan fingerprint density at radius 2 is 1.75 bits per heavy atom. The summed E-state index contributed by atoms with van der Waals surface area (Å²) in [6.45, 7) is 10.1. The summed E-state index contributed by atoms with van der Waals surface area (Å²) in [4.78, 5) is 19.3. The first-order valence-corrected chi connectivity index (χ1v) is 19.4. The molecule has 17 heteroatoms. The molecule has 1 aliphatic heterocycles. The van der Waals surface area contributed by atoms with Crippen molar-refractivity contribution in [2.45, 2.75) is 82.4 Å². The van der Waals surface area contributed by atoms with Crippen LogP contribution >= 0.6 is 8.30 Å². The highest BCUT2D eigenvalue weighted by Gasteiger charge is 2.49. The van der Waals surface area contributed by atoms with E-state index in [4.69, 9.17) is 15.8 Å². The number of nitrogens with one attached hydrogen (secondary N) is 2. The summed E-state index contributed by atoms with van der Waals surface area (Å²) in [5, 5.41) is 26.1. The maximum Gasteiger partial charge on any atom is 0.351 e. The van der Waals surface area contributed by atoms with Gasteiger partial charge < -0.3 is 24.6 Å². The highest BCUT2D eigenvalue weighted by molar-refractivity contribution is 7.89. The lowest BCUT2D eigenvalue weighted by molar-refractivity contribution is -0.111. The van der Waals surface area contributed by atoms with Gasteiger partial charge in [0.1, 0.15) is 23.5 Å². The molecule has 51 heavy (non-hydrogen) atoms. The summed E-state index contributed by atoms with van der Waals surface area (Å²) >= 11 is 0. The molecular formula is C34H48N9O6PS. The Kier molecular flexibility index (Phi) is 13.3. The fraction of sp³-hybridized carbons (Fsp3) is 0.500. The Morgan fingerprint density at radius 1 is 1.12 bits per heavy atom. The summed E-state index contributed by atoms with van der Waals surface area (Å²) in [5.74, 6) is 2.62. The maximum absolute atomic E-state index is 13.1. The number of azo groups is 1. The largest absolute Gasteiger partial charge is 0.393 e. The molecule has 1 fully saturated rings. The Morgan fingerprint density at radius 3 is 2.29 bits per heavy atom. The van der Waals surface area contributed by atoms with E-state index in [0.717, 1.165) is 5.69 Å². The van der Waals surface area contributed by atoms with E-state index in [1.54, 1.807) is 31.3 Å². The quantitative estimate of drug-likeness (QED) is 0.0852. The number of aliphatic hydroxyl groups is 1. The van der Waals surface area contributed by atoms with Crippen molar-refractivity contribution in [3.8, 4) is 5.81 Å². The molecule has 0 spiro atoms. The van der Waals surface area contributed by atoms with E-state index in [9.17, 15) is 18.5 Å². The number of aromatic nitrogens is 2. The topological polar surface area (TPSA) is 187 Å². The van der Waals surface area contributed by atoms with Crippen LogP contribution in [0.5, 0.6) is 0 Å². The molecule has 0 amide bonds. The number of hydrogen-bond acceptors (Lipinski definition) is 13. The molecule has 276 valence electrons. The van der Waals surface area contributed by atoms with Gasteiger partial charge in [0.25, 0.3) is 0 Å². The summed E-state index contributed by atoms with van der Waals surface area (Å²) in [6.07, 6.45) is 0.846. The van der Waals surface area contributed by atoms with Gasteiger partial charge in [-0.2, -0.15) is 20.5 Å². The Hall–Kier alpha value is -3.81. The molecule has 0 aliphatic carbocycles. The second kappa shape index (κ2) is 17.6. The van der Waals surface area contributed by atoms with Gasteiger partial charge in [-0.3, -0.25) is 4.57 Å². The lowest BCUT2D eigenvalue weighted by Crippen LogP contribution is -2.42. The molecule has 4 atom stereocenters. The molecule has 3 N–H and O–H groups in total. The zero-order chi connectivity index (χ0) is 38.1. The summed E-state index contributed by atoms with van der Waals surface area (Å²) in [5.41, 5.74) is 0.597. The van der Waals surface area contributed by atoms with Crippen molar-refractivity contribution in [3.05, 3.63) is 71.3 Å². The van der Waals surface area contributed by atoms with Gasteiger partial charge in [0.15, 0.2) is 0 Å². The van der Waals surface area contributed by atoms with Gasteiger partial charge in [0.05, 0.1) is 29.0 Å². The predicted octanol–water partition coefficient (Wildman–Crippen LogP) is 5.47. The van der Waals surface area contributed by atoms with Crippen molar-refractivity contribution in [3.63, 3.8) is 0 Å². The monoisotopic (exact) mass is 743 g/mol. The molecule has 1 aliphatic rings. The minimum Gasteiger partial charge on any atom is -0.393 e. The highest BCUT2D eigenvalue weighted by Crippen LogP contribution is 2.50. The molecule has 0 bridgehead atoms. The molecule has 4 unspecified atom stereocenters. The van der Waals surface area contributed by atoms with E-state index < -0.39 is 41.9 Å². The van der Waals surface area contributed by atoms with Gasteiger partial charge in [-0.15, -0.1) is 0 Å². The molecule has 1 saturated heterocycles. The van der Waals surface area contributed by atoms with Crippen LogP contribution in [0.15, 0.2) is 80.7 Å². The SMILES string of the molecule is [3H]OCC1(C)OC(n2ccc(NCCCNS(=O)(=O)c3ccc(N=Nc4ccc(N(C)C)cc4)cc3)nc2=O)CC1OP(C#N)N(C(C)C)C(C)C. The number of rotatable bonds is 18. The number of anilines is 2. The van der Waals surface area contributed by atoms with Gasteiger partial charge in [-0.25, -0.2) is 22.6 Å². The Balaban J connectivity index is 1.28. The van der Waals surface area contributed by atoms with Gasteiger partial charge in [0, 0.05) is 57.6 Å². The minimum atomic E-state index is -3.75. The normalized spacial score (nSPS) is 20.2. The third kappa shape index (κ3) is 10.4. The van der Waals surface area contributed by atoms with Crippen molar-refractivity contribution in [1.29, 1.82) is 6.69 Å². The van der Waals surface area contributed by atoms with Crippen LogP contribution in [0.25, 0.3) is 0 Å². The number of aliphatic hydroxyl groups excluding tert-OH is 1. The highest BCUT2D eigenvalue weighted by atomic mass is 32.2. The minimum absolute atomic E-state index is 0.0639. The van der Waals surface area contributed by atoms with Crippen molar-refractivity contribution < 1.29 is 22.8 Å². The van der Waals surface area contributed by atoms with Crippen molar-refractivity contribution in [2.24, 2.45) is 10.2 Å². The van der Waals surface area contributed by atoms with Crippen molar-refractivity contribution in [1.82, 2.24) is 18.9 Å². The molecule has 0 radical (unpaired) electrons. The third-order valence-corrected chi connectivity index (χ3v) is 11.7. The van der Waals surface area contributed by atoms with Crippen LogP contribution in [0.2, 0.25) is 0 Å². The molecule has 2 heterocycles. The molecule has 0 saturated carbocycles. The third-order valence-electron chi connectivity index (χ3n) is 8.26. The average molecular weight is 744 g/mol. The van der Waals surface area contributed by atoms with E-state index >= 15 is 0 Å². The second-order valence-corrected chi connectivity index (χ2v) is 16.3. The molecule has 2 aromatic carbocycles. The molecule has 1 aromatic heterocycles. The Labute approximate surface area is 302 Å². The number of benzene rings is 2. The summed E-state index contributed by atoms with van der Waals surface area (Å²) in [7, 11) is -1.49. The lowest BCUT2D eigenvalue weighted by Gasteiger charge is -2.36. The summed E-state index contributed by atoms with van der Waals surface area (Å²) in [6, 6.07) is 15.5. The predicted molar refractivity (Wildman–Crippen MR) is 198 cm³/mol. The van der Waals surface area contributed by atoms with Crippen LogP contribution in [0.1, 0.15) is 53.7 Å².